The van der Waals surface area contributed by atoms with Gasteiger partial charge in [0.05, 0.1) is 17.0 Å². The first-order chi connectivity index (χ1) is 15.1. The van der Waals surface area contributed by atoms with Crippen LogP contribution in [-0.2, 0) is 21.0 Å². The zero-order chi connectivity index (χ0) is 24.9. The zero-order valence-electron chi connectivity index (χ0n) is 18.2. The van der Waals surface area contributed by atoms with Crippen molar-refractivity contribution < 1.29 is 35.2 Å². The number of sulfonamides is 1. The highest BCUT2D eigenvalue weighted by molar-refractivity contribution is 7.93. The molecule has 2 aromatic rings. The van der Waals surface area contributed by atoms with Crippen molar-refractivity contribution >= 4 is 27.4 Å². The minimum atomic E-state index is -4.76. The lowest BCUT2D eigenvalue weighted by Gasteiger charge is -2.33. The summed E-state index contributed by atoms with van der Waals surface area (Å²) in [6, 6.07) is 1.27. The van der Waals surface area contributed by atoms with Crippen LogP contribution >= 0.6 is 0 Å². The van der Waals surface area contributed by atoms with Crippen molar-refractivity contribution in [2.75, 3.05) is 15.0 Å². The number of nitrogens with zero attached hydrogens (tertiary/aromatic N) is 3. The third-order valence-electron chi connectivity index (χ3n) is 5.32. The molecular formula is C21H22F5N3O3S. The minimum absolute atomic E-state index is 0.0888. The maximum atomic E-state index is 14.8. The fraction of sp³-hybridized carbons (Fsp3) is 0.429. The Morgan fingerprint density at radius 2 is 1.82 bits per heavy atom. The molecule has 0 aliphatic carbocycles. The summed E-state index contributed by atoms with van der Waals surface area (Å²) >= 11 is 0. The fourth-order valence-corrected chi connectivity index (χ4v) is 5.45. The summed E-state index contributed by atoms with van der Waals surface area (Å²) in [7, 11) is -4.18. The number of aryl methyl sites for hydroxylation is 1. The molecule has 1 atom stereocenters. The maximum Gasteiger partial charge on any atom is 0.416 e. The van der Waals surface area contributed by atoms with Crippen LogP contribution < -0.4 is 9.21 Å². The number of aromatic nitrogens is 1. The average Bonchev–Trinajstić information content (AvgIpc) is 3.01. The molecule has 0 unspecified atom stereocenters. The number of hydrogen-bond acceptors (Lipinski definition) is 4. The van der Waals surface area contributed by atoms with Crippen molar-refractivity contribution in [3.05, 3.63) is 52.7 Å². The number of alkyl halides is 3. The van der Waals surface area contributed by atoms with Crippen molar-refractivity contribution in [2.45, 2.75) is 52.4 Å². The molecule has 1 aliphatic heterocycles. The molecule has 1 saturated heterocycles. The molecule has 3 rings (SSSR count). The third kappa shape index (κ3) is 4.66. The van der Waals surface area contributed by atoms with Crippen LogP contribution in [0, 0.1) is 25.5 Å². The van der Waals surface area contributed by atoms with Gasteiger partial charge in [0.1, 0.15) is 17.7 Å². The second kappa shape index (κ2) is 8.54. The van der Waals surface area contributed by atoms with Gasteiger partial charge in [-0.3, -0.25) is 4.79 Å². The first-order valence-corrected chi connectivity index (χ1v) is 11.6. The van der Waals surface area contributed by atoms with E-state index in [0.717, 1.165) is 23.1 Å². The summed E-state index contributed by atoms with van der Waals surface area (Å²) in [5.74, 6) is -3.71. The second-order valence-electron chi connectivity index (χ2n) is 8.08. The number of benzene rings is 1. The molecule has 1 fully saturated rings. The summed E-state index contributed by atoms with van der Waals surface area (Å²) in [4.78, 5) is 18.4. The summed E-state index contributed by atoms with van der Waals surface area (Å²) in [5, 5.41) is 0. The van der Waals surface area contributed by atoms with Gasteiger partial charge in [-0.05, 0) is 58.4 Å². The van der Waals surface area contributed by atoms with Crippen LogP contribution in [0.5, 0.6) is 0 Å². The largest absolute Gasteiger partial charge is 0.416 e. The SMILES string of the molecule is Cc1cc(C(F)(F)F)cc(N2[C@H](C(=O)N(c3ccc(F)c(C)c3F)C(C)C)CCS2(=O)=O)n1. The topological polar surface area (TPSA) is 70.6 Å². The van der Waals surface area contributed by atoms with E-state index in [2.05, 4.69) is 4.98 Å². The van der Waals surface area contributed by atoms with Gasteiger partial charge >= 0.3 is 6.18 Å². The number of carbonyl (C=O) groups is 1. The van der Waals surface area contributed by atoms with Gasteiger partial charge in [-0.1, -0.05) is 0 Å². The number of carbonyl (C=O) groups excluding carboxylic acids is 1. The van der Waals surface area contributed by atoms with Crippen molar-refractivity contribution in [3.63, 3.8) is 0 Å². The van der Waals surface area contributed by atoms with E-state index in [9.17, 15) is 35.2 Å². The highest BCUT2D eigenvalue weighted by atomic mass is 32.2. The summed E-state index contributed by atoms with van der Waals surface area (Å²) in [6.45, 7) is 5.57. The van der Waals surface area contributed by atoms with E-state index in [1.165, 1.54) is 13.8 Å². The fourth-order valence-electron chi connectivity index (χ4n) is 3.77. The van der Waals surface area contributed by atoms with Crippen LogP contribution in [0.3, 0.4) is 0 Å². The molecule has 33 heavy (non-hydrogen) atoms. The summed E-state index contributed by atoms with van der Waals surface area (Å²) < 4.78 is 94.6. The maximum absolute atomic E-state index is 14.8. The highest BCUT2D eigenvalue weighted by Gasteiger charge is 2.46. The van der Waals surface area contributed by atoms with Gasteiger partial charge < -0.3 is 4.90 Å². The Labute approximate surface area is 188 Å². The van der Waals surface area contributed by atoms with Gasteiger partial charge in [0.25, 0.3) is 5.91 Å². The highest BCUT2D eigenvalue weighted by Crippen LogP contribution is 2.36. The Kier molecular flexibility index (Phi) is 6.44. The van der Waals surface area contributed by atoms with E-state index in [0.29, 0.717) is 10.4 Å². The van der Waals surface area contributed by atoms with Crippen LogP contribution in [0.1, 0.15) is 37.1 Å². The number of pyridine rings is 1. The van der Waals surface area contributed by atoms with Gasteiger partial charge in [-0.15, -0.1) is 0 Å². The predicted molar refractivity (Wildman–Crippen MR) is 112 cm³/mol. The Morgan fingerprint density at radius 1 is 1.18 bits per heavy atom. The van der Waals surface area contributed by atoms with Gasteiger partial charge in [0.15, 0.2) is 5.82 Å². The third-order valence-corrected chi connectivity index (χ3v) is 7.12. The normalized spacial score (nSPS) is 18.1. The van der Waals surface area contributed by atoms with Crippen LogP contribution in [0.4, 0.5) is 33.5 Å². The molecule has 0 saturated carbocycles. The quantitative estimate of drug-likeness (QED) is 0.597. The summed E-state index contributed by atoms with van der Waals surface area (Å²) in [5.41, 5.74) is -1.78. The number of hydrogen-bond donors (Lipinski definition) is 0. The monoisotopic (exact) mass is 491 g/mol. The Bertz CT molecular complexity index is 1200. The molecule has 0 radical (unpaired) electrons. The van der Waals surface area contributed by atoms with Crippen molar-refractivity contribution in [2.24, 2.45) is 0 Å². The molecule has 12 heteroatoms. The Morgan fingerprint density at radius 3 is 2.39 bits per heavy atom. The van der Waals surface area contributed by atoms with Crippen molar-refractivity contribution in [3.8, 4) is 0 Å². The molecule has 0 N–H and O–H groups in total. The molecule has 0 bridgehead atoms. The van der Waals surface area contributed by atoms with E-state index in [1.54, 1.807) is 13.8 Å². The number of anilines is 2. The van der Waals surface area contributed by atoms with E-state index in [4.69, 9.17) is 0 Å². The van der Waals surface area contributed by atoms with Gasteiger partial charge in [-0.25, -0.2) is 26.5 Å². The number of rotatable bonds is 4. The lowest BCUT2D eigenvalue weighted by Crippen LogP contribution is -2.50. The van der Waals surface area contributed by atoms with Gasteiger partial charge in [-0.2, -0.15) is 13.2 Å². The van der Waals surface area contributed by atoms with Crippen LogP contribution in [0.15, 0.2) is 24.3 Å². The van der Waals surface area contributed by atoms with Crippen LogP contribution in [-0.4, -0.2) is 37.1 Å². The molecule has 1 aliphatic rings. The van der Waals surface area contributed by atoms with Gasteiger partial charge in [0, 0.05) is 17.3 Å². The Balaban J connectivity index is 2.12. The second-order valence-corrected chi connectivity index (χ2v) is 10.0. The first kappa shape index (κ1) is 24.9. The molecular weight excluding hydrogens is 469 g/mol. The molecule has 0 spiro atoms. The zero-order valence-corrected chi connectivity index (χ0v) is 19.1. The standard InChI is InChI=1S/C21H22F5N3O3S/c1-11(2)28(16-6-5-15(22)13(4)19(16)23)20(30)17-7-8-33(31,32)29(17)18-10-14(21(24,25)26)9-12(3)27-18/h5-6,9-11,17H,7-8H2,1-4H3/t17-/m0/s1. The average molecular weight is 491 g/mol. The van der Waals surface area contributed by atoms with Crippen LogP contribution in [0.2, 0.25) is 0 Å². The lowest BCUT2D eigenvalue weighted by atomic mass is 10.1. The Hall–Kier alpha value is -2.76. The smallest absolute Gasteiger partial charge is 0.305 e. The minimum Gasteiger partial charge on any atom is -0.305 e. The molecule has 1 amide bonds. The van der Waals surface area contributed by atoms with Crippen LogP contribution in [0.25, 0.3) is 0 Å². The predicted octanol–water partition coefficient (Wildman–Crippen LogP) is 4.35. The summed E-state index contributed by atoms with van der Waals surface area (Å²) in [6.07, 6.45) is -4.99. The van der Waals surface area contributed by atoms with E-state index in [1.807, 2.05) is 0 Å². The van der Waals surface area contributed by atoms with E-state index >= 15 is 0 Å². The molecule has 1 aromatic carbocycles. The molecule has 1 aromatic heterocycles. The van der Waals surface area contributed by atoms with Crippen molar-refractivity contribution in [1.29, 1.82) is 0 Å². The number of amides is 1. The van der Waals surface area contributed by atoms with E-state index < -0.39 is 63.0 Å². The van der Waals surface area contributed by atoms with Gasteiger partial charge in [0.2, 0.25) is 10.0 Å². The van der Waals surface area contributed by atoms with E-state index in [-0.39, 0.29) is 23.4 Å². The first-order valence-electron chi connectivity index (χ1n) is 10.0. The lowest BCUT2D eigenvalue weighted by molar-refractivity contribution is -0.137. The number of halogens is 5. The van der Waals surface area contributed by atoms with Crippen molar-refractivity contribution in [1.82, 2.24) is 4.98 Å². The molecule has 6 nitrogen and oxygen atoms in total. The molecule has 180 valence electrons. The molecule has 2 heterocycles.